The van der Waals surface area contributed by atoms with Crippen LogP contribution in [-0.4, -0.2) is 24.5 Å². The third-order valence-electron chi connectivity index (χ3n) is 4.38. The van der Waals surface area contributed by atoms with Crippen molar-refractivity contribution in [3.63, 3.8) is 0 Å². The predicted octanol–water partition coefficient (Wildman–Crippen LogP) is 4.46. The molecule has 0 amide bonds. The number of likely N-dealkylation sites (tertiary alicyclic amines) is 1. The maximum Gasteiger partial charge on any atom is 0.337 e. The van der Waals surface area contributed by atoms with Crippen molar-refractivity contribution in [2.75, 3.05) is 13.7 Å². The molecule has 0 radical (unpaired) electrons. The van der Waals surface area contributed by atoms with Gasteiger partial charge >= 0.3 is 5.97 Å². The fraction of sp³-hybridized carbons (Fsp3) is 0.316. The zero-order chi connectivity index (χ0) is 16.2. The topological polar surface area (TPSA) is 29.5 Å². The van der Waals surface area contributed by atoms with Crippen LogP contribution >= 0.6 is 11.6 Å². The first-order chi connectivity index (χ1) is 11.2. The Labute approximate surface area is 141 Å². The lowest BCUT2D eigenvalue weighted by Crippen LogP contribution is -2.22. The SMILES string of the molecule is COC(=O)c1ccc(CN2CCC[C@H]2c2ccc(Cl)cc2)cc1. The highest BCUT2D eigenvalue weighted by atomic mass is 35.5. The number of esters is 1. The molecule has 3 rings (SSSR count). The second-order valence-corrected chi connectivity index (χ2v) is 6.30. The van der Waals surface area contributed by atoms with Crippen LogP contribution < -0.4 is 0 Å². The third-order valence-corrected chi connectivity index (χ3v) is 4.63. The molecule has 0 N–H and O–H groups in total. The van der Waals surface area contributed by atoms with E-state index < -0.39 is 0 Å². The molecule has 1 aliphatic heterocycles. The molecule has 3 nitrogen and oxygen atoms in total. The molecule has 0 aromatic heterocycles. The average Bonchev–Trinajstić information content (AvgIpc) is 3.03. The van der Waals surface area contributed by atoms with E-state index in [1.165, 1.54) is 31.1 Å². The quantitative estimate of drug-likeness (QED) is 0.775. The molecule has 0 spiro atoms. The maximum atomic E-state index is 11.5. The molecule has 0 aliphatic carbocycles. The number of benzene rings is 2. The minimum absolute atomic E-state index is 0.295. The normalized spacial score (nSPS) is 18.1. The maximum absolute atomic E-state index is 11.5. The van der Waals surface area contributed by atoms with Gasteiger partial charge in [-0.1, -0.05) is 35.9 Å². The van der Waals surface area contributed by atoms with Crippen molar-refractivity contribution in [2.24, 2.45) is 0 Å². The van der Waals surface area contributed by atoms with Crippen LogP contribution in [0, 0.1) is 0 Å². The molecule has 0 unspecified atom stereocenters. The molecule has 23 heavy (non-hydrogen) atoms. The van der Waals surface area contributed by atoms with Gasteiger partial charge in [0.15, 0.2) is 0 Å². The summed E-state index contributed by atoms with van der Waals surface area (Å²) in [6, 6.07) is 16.2. The van der Waals surface area contributed by atoms with Crippen LogP contribution in [0.25, 0.3) is 0 Å². The van der Waals surface area contributed by atoms with Gasteiger partial charge in [-0.05, 0) is 54.8 Å². The standard InChI is InChI=1S/C19H20ClNO2/c1-23-19(22)16-6-4-14(5-7-16)13-21-12-2-3-18(21)15-8-10-17(20)11-9-15/h4-11,18H,2-3,12-13H2,1H3/t18-/m0/s1. The Balaban J connectivity index is 1.71. The van der Waals surface area contributed by atoms with Crippen LogP contribution in [0.3, 0.4) is 0 Å². The van der Waals surface area contributed by atoms with Gasteiger partial charge in [0.05, 0.1) is 12.7 Å². The summed E-state index contributed by atoms with van der Waals surface area (Å²) in [7, 11) is 1.40. The summed E-state index contributed by atoms with van der Waals surface area (Å²) in [6.45, 7) is 1.97. The van der Waals surface area contributed by atoms with Crippen molar-refractivity contribution in [2.45, 2.75) is 25.4 Å². The highest BCUT2D eigenvalue weighted by Crippen LogP contribution is 2.33. The number of ether oxygens (including phenoxy) is 1. The lowest BCUT2D eigenvalue weighted by atomic mass is 10.0. The molecule has 0 bridgehead atoms. The van der Waals surface area contributed by atoms with Gasteiger partial charge in [0.2, 0.25) is 0 Å². The number of nitrogens with zero attached hydrogens (tertiary/aromatic N) is 1. The number of halogens is 1. The van der Waals surface area contributed by atoms with Crippen LogP contribution in [0.5, 0.6) is 0 Å². The van der Waals surface area contributed by atoms with Crippen molar-refractivity contribution < 1.29 is 9.53 Å². The van der Waals surface area contributed by atoms with Crippen LogP contribution in [-0.2, 0) is 11.3 Å². The summed E-state index contributed by atoms with van der Waals surface area (Å²) in [5, 5.41) is 0.775. The summed E-state index contributed by atoms with van der Waals surface area (Å²) in [5.74, 6) is -0.295. The van der Waals surface area contributed by atoms with Crippen molar-refractivity contribution in [1.29, 1.82) is 0 Å². The highest BCUT2D eigenvalue weighted by molar-refractivity contribution is 6.30. The van der Waals surface area contributed by atoms with Crippen molar-refractivity contribution in [3.8, 4) is 0 Å². The smallest absolute Gasteiger partial charge is 0.337 e. The largest absolute Gasteiger partial charge is 0.465 e. The molecule has 1 heterocycles. The highest BCUT2D eigenvalue weighted by Gasteiger charge is 2.25. The molecule has 1 atom stereocenters. The third kappa shape index (κ3) is 3.74. The first-order valence-electron chi connectivity index (χ1n) is 7.84. The molecule has 1 saturated heterocycles. The monoisotopic (exact) mass is 329 g/mol. The van der Waals surface area contributed by atoms with E-state index in [0.717, 1.165) is 18.1 Å². The van der Waals surface area contributed by atoms with Gasteiger partial charge in [-0.3, -0.25) is 4.90 Å². The Morgan fingerprint density at radius 1 is 1.17 bits per heavy atom. The number of hydrogen-bond acceptors (Lipinski definition) is 3. The molecule has 120 valence electrons. The summed E-state index contributed by atoms with van der Waals surface area (Å²) < 4.78 is 4.73. The van der Waals surface area contributed by atoms with E-state index in [9.17, 15) is 4.79 Å². The van der Waals surface area contributed by atoms with Crippen LogP contribution in [0.4, 0.5) is 0 Å². The van der Waals surface area contributed by atoms with E-state index in [1.807, 2.05) is 36.4 Å². The number of rotatable bonds is 4. The molecule has 0 saturated carbocycles. The minimum atomic E-state index is -0.295. The number of methoxy groups -OCH3 is 1. The first-order valence-corrected chi connectivity index (χ1v) is 8.22. The molecular weight excluding hydrogens is 310 g/mol. The summed E-state index contributed by atoms with van der Waals surface area (Å²) in [5.41, 5.74) is 3.11. The second-order valence-electron chi connectivity index (χ2n) is 5.87. The van der Waals surface area contributed by atoms with E-state index in [4.69, 9.17) is 16.3 Å². The fourth-order valence-electron chi connectivity index (χ4n) is 3.18. The van der Waals surface area contributed by atoms with E-state index in [1.54, 1.807) is 0 Å². The van der Waals surface area contributed by atoms with E-state index >= 15 is 0 Å². The molecular formula is C19H20ClNO2. The molecule has 2 aromatic carbocycles. The van der Waals surface area contributed by atoms with Crippen LogP contribution in [0.2, 0.25) is 5.02 Å². The van der Waals surface area contributed by atoms with Crippen molar-refractivity contribution in [3.05, 3.63) is 70.2 Å². The second kappa shape index (κ2) is 7.16. The number of carbonyl (C=O) groups excluding carboxylic acids is 1. The van der Waals surface area contributed by atoms with Gasteiger partial charge in [-0.15, -0.1) is 0 Å². The van der Waals surface area contributed by atoms with Crippen molar-refractivity contribution in [1.82, 2.24) is 4.90 Å². The fourth-order valence-corrected chi connectivity index (χ4v) is 3.30. The van der Waals surface area contributed by atoms with Crippen molar-refractivity contribution >= 4 is 17.6 Å². The lowest BCUT2D eigenvalue weighted by molar-refractivity contribution is 0.0600. The van der Waals surface area contributed by atoms with Gasteiger partial charge in [0.25, 0.3) is 0 Å². The molecule has 1 fully saturated rings. The zero-order valence-electron chi connectivity index (χ0n) is 13.2. The summed E-state index contributed by atoms with van der Waals surface area (Å²) in [4.78, 5) is 14.0. The van der Waals surface area contributed by atoms with E-state index in [2.05, 4.69) is 17.0 Å². The van der Waals surface area contributed by atoms with Gasteiger partial charge in [0, 0.05) is 17.6 Å². The Bertz CT molecular complexity index is 667. The summed E-state index contributed by atoms with van der Waals surface area (Å²) in [6.07, 6.45) is 2.37. The average molecular weight is 330 g/mol. The zero-order valence-corrected chi connectivity index (χ0v) is 13.9. The molecule has 4 heteroatoms. The molecule has 1 aliphatic rings. The van der Waals surface area contributed by atoms with Gasteiger partial charge in [-0.2, -0.15) is 0 Å². The van der Waals surface area contributed by atoms with E-state index in [-0.39, 0.29) is 5.97 Å². The van der Waals surface area contributed by atoms with E-state index in [0.29, 0.717) is 11.6 Å². The summed E-state index contributed by atoms with van der Waals surface area (Å²) >= 11 is 5.99. The Morgan fingerprint density at radius 3 is 2.52 bits per heavy atom. The Kier molecular flexibility index (Phi) is 4.99. The number of carbonyl (C=O) groups is 1. The first kappa shape index (κ1) is 16.0. The predicted molar refractivity (Wildman–Crippen MR) is 91.6 cm³/mol. The lowest BCUT2D eigenvalue weighted by Gasteiger charge is -2.25. The molecule has 2 aromatic rings. The Morgan fingerprint density at radius 2 is 1.87 bits per heavy atom. The van der Waals surface area contributed by atoms with Gasteiger partial charge < -0.3 is 4.74 Å². The van der Waals surface area contributed by atoms with Gasteiger partial charge in [0.1, 0.15) is 0 Å². The van der Waals surface area contributed by atoms with Crippen LogP contribution in [0.15, 0.2) is 48.5 Å². The van der Waals surface area contributed by atoms with Crippen LogP contribution in [0.1, 0.15) is 40.4 Å². The minimum Gasteiger partial charge on any atom is -0.465 e. The number of hydrogen-bond donors (Lipinski definition) is 0. The Hall–Kier alpha value is -1.84. The van der Waals surface area contributed by atoms with Gasteiger partial charge in [-0.25, -0.2) is 4.79 Å².